The Morgan fingerprint density at radius 2 is 2.25 bits per heavy atom. The number of ether oxygens (including phenoxy) is 1. The van der Waals surface area contributed by atoms with Gasteiger partial charge in [0, 0.05) is 19.2 Å². The van der Waals surface area contributed by atoms with E-state index in [9.17, 15) is 4.79 Å². The van der Waals surface area contributed by atoms with Crippen molar-refractivity contribution in [1.82, 2.24) is 9.78 Å². The molecule has 1 aliphatic rings. The predicted octanol–water partition coefficient (Wildman–Crippen LogP) is -0.397. The fraction of sp³-hybridized carbons (Fsp3) is 0.500. The van der Waals surface area contributed by atoms with Crippen LogP contribution in [-0.2, 0) is 11.3 Å². The number of hydrogen-bond acceptors (Lipinski definition) is 5. The second kappa shape index (κ2) is 4.77. The van der Waals surface area contributed by atoms with Crippen molar-refractivity contribution in [3.63, 3.8) is 0 Å². The van der Waals surface area contributed by atoms with Gasteiger partial charge in [-0.2, -0.15) is 10.4 Å². The number of morpholine rings is 1. The highest BCUT2D eigenvalue weighted by Gasteiger charge is 2.12. The van der Waals surface area contributed by atoms with Gasteiger partial charge < -0.3 is 9.64 Å². The van der Waals surface area contributed by atoms with Crippen molar-refractivity contribution in [1.29, 1.82) is 5.26 Å². The minimum atomic E-state index is -0.245. The minimum absolute atomic E-state index is 0.0117. The lowest BCUT2D eigenvalue weighted by molar-refractivity contribution is 0.122. The first kappa shape index (κ1) is 10.6. The first-order chi connectivity index (χ1) is 7.81. The van der Waals surface area contributed by atoms with Gasteiger partial charge in [0.15, 0.2) is 0 Å². The van der Waals surface area contributed by atoms with Crippen LogP contribution in [0.5, 0.6) is 0 Å². The van der Waals surface area contributed by atoms with E-state index in [1.165, 1.54) is 6.07 Å². The van der Waals surface area contributed by atoms with Crippen LogP contribution in [-0.4, -0.2) is 36.1 Å². The molecular formula is C10H12N4O2. The molecule has 0 unspecified atom stereocenters. The van der Waals surface area contributed by atoms with E-state index in [1.807, 2.05) is 6.07 Å². The molecule has 0 radical (unpaired) electrons. The van der Waals surface area contributed by atoms with Crippen LogP contribution in [0, 0.1) is 11.3 Å². The molecule has 0 amide bonds. The van der Waals surface area contributed by atoms with Crippen LogP contribution < -0.4 is 10.5 Å². The molecule has 16 heavy (non-hydrogen) atoms. The van der Waals surface area contributed by atoms with E-state index in [2.05, 4.69) is 10.00 Å². The van der Waals surface area contributed by atoms with Crippen LogP contribution in [0.1, 0.15) is 0 Å². The van der Waals surface area contributed by atoms with Crippen LogP contribution in [0.15, 0.2) is 17.1 Å². The molecule has 1 aliphatic heterocycles. The number of nitrogens with zero attached hydrogens (tertiary/aromatic N) is 4. The summed E-state index contributed by atoms with van der Waals surface area (Å²) in [4.78, 5) is 13.6. The average Bonchev–Trinajstić information content (AvgIpc) is 2.33. The van der Waals surface area contributed by atoms with Crippen LogP contribution in [0.25, 0.3) is 0 Å². The first-order valence-electron chi connectivity index (χ1n) is 5.08. The molecule has 6 nitrogen and oxygen atoms in total. The fourth-order valence-electron chi connectivity index (χ4n) is 1.60. The maximum Gasteiger partial charge on any atom is 0.269 e. The van der Waals surface area contributed by atoms with Crippen molar-refractivity contribution in [3.05, 3.63) is 22.6 Å². The molecule has 0 aliphatic carbocycles. The third kappa shape index (κ3) is 2.20. The van der Waals surface area contributed by atoms with Gasteiger partial charge in [0.25, 0.3) is 5.56 Å². The predicted molar refractivity (Wildman–Crippen MR) is 57.1 cm³/mol. The van der Waals surface area contributed by atoms with Crippen molar-refractivity contribution in [2.45, 2.75) is 6.54 Å². The quantitative estimate of drug-likeness (QED) is 0.678. The van der Waals surface area contributed by atoms with Crippen molar-refractivity contribution < 1.29 is 4.74 Å². The third-order valence-electron chi connectivity index (χ3n) is 2.45. The van der Waals surface area contributed by atoms with E-state index in [-0.39, 0.29) is 12.1 Å². The maximum atomic E-state index is 11.6. The minimum Gasteiger partial charge on any atom is -0.378 e. The lowest BCUT2D eigenvalue weighted by atomic mass is 10.3. The highest BCUT2D eigenvalue weighted by atomic mass is 16.5. The first-order valence-corrected chi connectivity index (χ1v) is 5.08. The van der Waals surface area contributed by atoms with Gasteiger partial charge in [0.05, 0.1) is 31.2 Å². The zero-order valence-electron chi connectivity index (χ0n) is 8.80. The molecule has 1 aromatic rings. The van der Waals surface area contributed by atoms with Gasteiger partial charge in [-0.3, -0.25) is 4.79 Å². The lowest BCUT2D eigenvalue weighted by Gasteiger charge is -2.28. The van der Waals surface area contributed by atoms with Crippen molar-refractivity contribution in [2.24, 2.45) is 0 Å². The standard InChI is InChI=1S/C10H12N4O2/c11-1-2-14-10(15)7-9(8-12-14)13-3-5-16-6-4-13/h7-8H,2-6H2. The van der Waals surface area contributed by atoms with Crippen LogP contribution in [0.4, 0.5) is 5.69 Å². The monoisotopic (exact) mass is 220 g/mol. The van der Waals surface area contributed by atoms with Gasteiger partial charge in [-0.25, -0.2) is 4.68 Å². The van der Waals surface area contributed by atoms with E-state index in [4.69, 9.17) is 10.00 Å². The normalized spacial score (nSPS) is 15.8. The molecule has 1 saturated heterocycles. The Balaban J connectivity index is 2.20. The summed E-state index contributed by atoms with van der Waals surface area (Å²) in [6.45, 7) is 2.86. The number of aromatic nitrogens is 2. The summed E-state index contributed by atoms with van der Waals surface area (Å²) in [5, 5.41) is 12.4. The van der Waals surface area contributed by atoms with E-state index >= 15 is 0 Å². The molecule has 2 rings (SSSR count). The van der Waals surface area contributed by atoms with E-state index in [1.54, 1.807) is 6.20 Å². The summed E-state index contributed by atoms with van der Waals surface area (Å²) in [6, 6.07) is 3.40. The second-order valence-corrected chi connectivity index (χ2v) is 3.47. The summed E-state index contributed by atoms with van der Waals surface area (Å²) in [5.74, 6) is 0. The van der Waals surface area contributed by atoms with E-state index < -0.39 is 0 Å². The molecule has 0 bridgehead atoms. The molecule has 0 spiro atoms. The van der Waals surface area contributed by atoms with E-state index in [0.29, 0.717) is 13.2 Å². The summed E-state index contributed by atoms with van der Waals surface area (Å²) in [6.07, 6.45) is 1.62. The van der Waals surface area contributed by atoms with Crippen molar-refractivity contribution in [2.75, 3.05) is 31.2 Å². The van der Waals surface area contributed by atoms with Crippen molar-refractivity contribution >= 4 is 5.69 Å². The van der Waals surface area contributed by atoms with Crippen LogP contribution >= 0.6 is 0 Å². The Morgan fingerprint density at radius 3 is 2.88 bits per heavy atom. The third-order valence-corrected chi connectivity index (χ3v) is 2.45. The highest BCUT2D eigenvalue weighted by Crippen LogP contribution is 2.11. The van der Waals surface area contributed by atoms with Crippen molar-refractivity contribution in [3.8, 4) is 6.07 Å². The summed E-state index contributed by atoms with van der Waals surface area (Å²) >= 11 is 0. The Kier molecular flexibility index (Phi) is 3.17. The van der Waals surface area contributed by atoms with Gasteiger partial charge in [-0.1, -0.05) is 0 Å². The molecule has 1 aromatic heterocycles. The largest absolute Gasteiger partial charge is 0.378 e. The molecule has 0 N–H and O–H groups in total. The zero-order chi connectivity index (χ0) is 11.4. The van der Waals surface area contributed by atoms with Crippen LogP contribution in [0.2, 0.25) is 0 Å². The average molecular weight is 220 g/mol. The fourth-order valence-corrected chi connectivity index (χ4v) is 1.60. The van der Waals surface area contributed by atoms with E-state index in [0.717, 1.165) is 23.5 Å². The lowest BCUT2D eigenvalue weighted by Crippen LogP contribution is -2.37. The number of anilines is 1. The molecule has 1 fully saturated rings. The van der Waals surface area contributed by atoms with Gasteiger partial charge in [0.1, 0.15) is 6.54 Å². The van der Waals surface area contributed by atoms with Gasteiger partial charge in [-0.15, -0.1) is 0 Å². The topological polar surface area (TPSA) is 71.2 Å². The van der Waals surface area contributed by atoms with Crippen LogP contribution in [0.3, 0.4) is 0 Å². The smallest absolute Gasteiger partial charge is 0.269 e. The molecule has 84 valence electrons. The molecule has 0 aromatic carbocycles. The Bertz CT molecular complexity index is 457. The zero-order valence-corrected chi connectivity index (χ0v) is 8.80. The molecule has 0 atom stereocenters. The summed E-state index contributed by atoms with van der Waals surface area (Å²) in [5.41, 5.74) is 0.549. The maximum absolute atomic E-state index is 11.6. The van der Waals surface area contributed by atoms with Gasteiger partial charge in [-0.05, 0) is 0 Å². The number of rotatable bonds is 2. The Hall–Kier alpha value is -1.87. The van der Waals surface area contributed by atoms with Gasteiger partial charge in [0.2, 0.25) is 0 Å². The van der Waals surface area contributed by atoms with Gasteiger partial charge >= 0.3 is 0 Å². The molecule has 0 saturated carbocycles. The molecule has 2 heterocycles. The Labute approximate surface area is 92.7 Å². The summed E-state index contributed by atoms with van der Waals surface area (Å²) in [7, 11) is 0. The SMILES string of the molecule is N#CCn1ncc(N2CCOCC2)cc1=O. The molecular weight excluding hydrogens is 208 g/mol. The second-order valence-electron chi connectivity index (χ2n) is 3.47. The number of nitriles is 1. The Morgan fingerprint density at radius 1 is 1.50 bits per heavy atom. The molecule has 6 heteroatoms. The summed E-state index contributed by atoms with van der Waals surface area (Å²) < 4.78 is 6.37. The highest BCUT2D eigenvalue weighted by molar-refractivity contribution is 5.43. The number of hydrogen-bond donors (Lipinski definition) is 0.